The van der Waals surface area contributed by atoms with Gasteiger partial charge in [0.2, 0.25) is 5.91 Å². The van der Waals surface area contributed by atoms with Crippen LogP contribution < -0.4 is 16.2 Å². The Kier molecular flexibility index (Phi) is 5.52. The lowest BCUT2D eigenvalue weighted by Crippen LogP contribution is -2.30. The summed E-state index contributed by atoms with van der Waals surface area (Å²) in [7, 11) is 0. The van der Waals surface area contributed by atoms with Crippen LogP contribution in [0.5, 0.6) is 0 Å². The number of pyridine rings is 1. The van der Waals surface area contributed by atoms with Crippen LogP contribution in [0.4, 0.5) is 5.69 Å². The first-order valence-electron chi connectivity index (χ1n) is 7.73. The molecule has 2 amide bonds. The predicted molar refractivity (Wildman–Crippen MR) is 93.1 cm³/mol. The van der Waals surface area contributed by atoms with Crippen molar-refractivity contribution in [1.82, 2.24) is 9.88 Å². The van der Waals surface area contributed by atoms with Gasteiger partial charge in [0.1, 0.15) is 6.54 Å². The minimum absolute atomic E-state index is 0.0594. The van der Waals surface area contributed by atoms with E-state index in [1.807, 2.05) is 20.8 Å². The summed E-state index contributed by atoms with van der Waals surface area (Å²) >= 11 is 0. The Morgan fingerprint density at radius 2 is 1.75 bits per heavy atom. The Morgan fingerprint density at radius 1 is 1.08 bits per heavy atom. The molecule has 0 atom stereocenters. The number of benzene rings is 1. The molecule has 24 heavy (non-hydrogen) atoms. The first-order chi connectivity index (χ1) is 11.3. The summed E-state index contributed by atoms with van der Waals surface area (Å²) in [6.45, 7) is 5.57. The summed E-state index contributed by atoms with van der Waals surface area (Å²) in [5, 5.41) is 5.51. The number of anilines is 1. The van der Waals surface area contributed by atoms with E-state index in [1.165, 1.54) is 10.6 Å². The fourth-order valence-electron chi connectivity index (χ4n) is 2.18. The molecular formula is C18H21N3O3. The zero-order valence-electron chi connectivity index (χ0n) is 14.0. The molecule has 1 aromatic heterocycles. The summed E-state index contributed by atoms with van der Waals surface area (Å²) in [5.74, 6) is -0.462. The number of nitrogens with zero attached hydrogens (tertiary/aromatic N) is 1. The quantitative estimate of drug-likeness (QED) is 0.880. The molecule has 0 aliphatic rings. The number of amides is 2. The second kappa shape index (κ2) is 7.59. The number of aromatic nitrogens is 1. The molecule has 0 aliphatic carbocycles. The Bertz CT molecular complexity index is 792. The second-order valence-corrected chi connectivity index (χ2v) is 5.93. The zero-order valence-corrected chi connectivity index (χ0v) is 14.0. The average molecular weight is 327 g/mol. The molecule has 126 valence electrons. The minimum Gasteiger partial charge on any atom is -0.350 e. The van der Waals surface area contributed by atoms with E-state index in [-0.39, 0.29) is 30.0 Å². The molecule has 1 heterocycles. The maximum Gasteiger partial charge on any atom is 0.251 e. The topological polar surface area (TPSA) is 80.2 Å². The van der Waals surface area contributed by atoms with Crippen molar-refractivity contribution in [3.05, 3.63) is 64.1 Å². The molecule has 6 heteroatoms. The molecular weight excluding hydrogens is 306 g/mol. The Morgan fingerprint density at radius 3 is 2.38 bits per heavy atom. The van der Waals surface area contributed by atoms with Gasteiger partial charge < -0.3 is 15.2 Å². The van der Waals surface area contributed by atoms with Gasteiger partial charge in [0.15, 0.2) is 0 Å². The van der Waals surface area contributed by atoms with Crippen LogP contribution in [0.2, 0.25) is 0 Å². The van der Waals surface area contributed by atoms with E-state index in [0.717, 1.165) is 5.56 Å². The second-order valence-electron chi connectivity index (χ2n) is 5.93. The molecule has 0 radical (unpaired) electrons. The van der Waals surface area contributed by atoms with Gasteiger partial charge in [0, 0.05) is 29.6 Å². The molecule has 2 N–H and O–H groups in total. The van der Waals surface area contributed by atoms with E-state index in [4.69, 9.17) is 0 Å². The van der Waals surface area contributed by atoms with Crippen LogP contribution in [0.15, 0.2) is 47.4 Å². The molecule has 0 fully saturated rings. The molecule has 1 aromatic carbocycles. The largest absolute Gasteiger partial charge is 0.350 e. The van der Waals surface area contributed by atoms with Gasteiger partial charge in [-0.05, 0) is 50.6 Å². The number of carbonyl (C=O) groups excluding carboxylic acids is 2. The number of hydrogen-bond acceptors (Lipinski definition) is 3. The molecule has 0 aliphatic heterocycles. The lowest BCUT2D eigenvalue weighted by Gasteiger charge is -2.10. The Balaban J connectivity index is 2.00. The maximum absolute atomic E-state index is 12.1. The van der Waals surface area contributed by atoms with E-state index < -0.39 is 0 Å². The van der Waals surface area contributed by atoms with Gasteiger partial charge >= 0.3 is 0 Å². The number of nitrogens with one attached hydrogen (secondary N) is 2. The van der Waals surface area contributed by atoms with Crippen LogP contribution in [0.3, 0.4) is 0 Å². The SMILES string of the molecule is Cc1ccc(=O)n(CC(=O)Nc2ccc(C(=O)NC(C)C)cc2)c1. The highest BCUT2D eigenvalue weighted by atomic mass is 16.2. The van der Waals surface area contributed by atoms with Gasteiger partial charge in [0.25, 0.3) is 11.5 Å². The molecule has 0 saturated heterocycles. The van der Waals surface area contributed by atoms with Crippen LogP contribution in [-0.2, 0) is 11.3 Å². The van der Waals surface area contributed by atoms with Gasteiger partial charge in [-0.3, -0.25) is 14.4 Å². The predicted octanol–water partition coefficient (Wildman–Crippen LogP) is 1.93. The molecule has 2 aromatic rings. The molecule has 0 bridgehead atoms. The van der Waals surface area contributed by atoms with Crippen LogP contribution in [0, 0.1) is 6.92 Å². The van der Waals surface area contributed by atoms with Crippen LogP contribution in [-0.4, -0.2) is 22.4 Å². The highest BCUT2D eigenvalue weighted by molar-refractivity contribution is 5.95. The first-order valence-corrected chi connectivity index (χ1v) is 7.73. The van der Waals surface area contributed by atoms with Crippen molar-refractivity contribution in [2.75, 3.05) is 5.32 Å². The Labute approximate surface area is 140 Å². The number of rotatable bonds is 5. The van der Waals surface area contributed by atoms with E-state index in [1.54, 1.807) is 36.5 Å². The van der Waals surface area contributed by atoms with Gasteiger partial charge in [-0.25, -0.2) is 0 Å². The monoisotopic (exact) mass is 327 g/mol. The third kappa shape index (κ3) is 4.81. The van der Waals surface area contributed by atoms with Crippen molar-refractivity contribution < 1.29 is 9.59 Å². The summed E-state index contributed by atoms with van der Waals surface area (Å²) in [4.78, 5) is 35.6. The summed E-state index contributed by atoms with van der Waals surface area (Å²) in [6, 6.07) is 9.81. The maximum atomic E-state index is 12.1. The number of hydrogen-bond donors (Lipinski definition) is 2. The lowest BCUT2D eigenvalue weighted by atomic mass is 10.2. The van der Waals surface area contributed by atoms with Crippen LogP contribution in [0.1, 0.15) is 29.8 Å². The summed E-state index contributed by atoms with van der Waals surface area (Å²) in [5.41, 5.74) is 1.78. The van der Waals surface area contributed by atoms with Crippen molar-refractivity contribution >= 4 is 17.5 Å². The van der Waals surface area contributed by atoms with E-state index >= 15 is 0 Å². The van der Waals surface area contributed by atoms with Gasteiger partial charge in [-0.1, -0.05) is 6.07 Å². The van der Waals surface area contributed by atoms with Gasteiger partial charge in [-0.15, -0.1) is 0 Å². The fourth-order valence-corrected chi connectivity index (χ4v) is 2.18. The molecule has 0 spiro atoms. The fraction of sp³-hybridized carbons (Fsp3) is 0.278. The third-order valence-electron chi connectivity index (χ3n) is 3.30. The molecule has 0 saturated carbocycles. The van der Waals surface area contributed by atoms with Crippen LogP contribution >= 0.6 is 0 Å². The standard InChI is InChI=1S/C18H21N3O3/c1-12(2)19-18(24)14-5-7-15(8-6-14)20-16(22)11-21-10-13(3)4-9-17(21)23/h4-10,12H,11H2,1-3H3,(H,19,24)(H,20,22). The van der Waals surface area contributed by atoms with Gasteiger partial charge in [-0.2, -0.15) is 0 Å². The number of aryl methyl sites for hydroxylation is 1. The Hall–Kier alpha value is -2.89. The normalized spacial score (nSPS) is 10.5. The first kappa shape index (κ1) is 17.5. The zero-order chi connectivity index (χ0) is 17.7. The van der Waals surface area contributed by atoms with Crippen molar-refractivity contribution in [3.8, 4) is 0 Å². The minimum atomic E-state index is -0.304. The van der Waals surface area contributed by atoms with E-state index in [9.17, 15) is 14.4 Å². The third-order valence-corrected chi connectivity index (χ3v) is 3.30. The lowest BCUT2D eigenvalue weighted by molar-refractivity contribution is -0.116. The van der Waals surface area contributed by atoms with Crippen molar-refractivity contribution in [2.45, 2.75) is 33.4 Å². The van der Waals surface area contributed by atoms with Crippen molar-refractivity contribution in [1.29, 1.82) is 0 Å². The highest BCUT2D eigenvalue weighted by Gasteiger charge is 2.08. The van der Waals surface area contributed by atoms with E-state index in [2.05, 4.69) is 10.6 Å². The van der Waals surface area contributed by atoms with Crippen molar-refractivity contribution in [3.63, 3.8) is 0 Å². The highest BCUT2D eigenvalue weighted by Crippen LogP contribution is 2.10. The van der Waals surface area contributed by atoms with E-state index in [0.29, 0.717) is 11.3 Å². The molecule has 0 unspecified atom stereocenters. The smallest absolute Gasteiger partial charge is 0.251 e. The van der Waals surface area contributed by atoms with Gasteiger partial charge in [0.05, 0.1) is 0 Å². The van der Waals surface area contributed by atoms with Crippen LogP contribution in [0.25, 0.3) is 0 Å². The van der Waals surface area contributed by atoms with Crippen molar-refractivity contribution in [2.24, 2.45) is 0 Å². The average Bonchev–Trinajstić information content (AvgIpc) is 2.51. The molecule has 2 rings (SSSR count). The number of carbonyl (C=O) groups is 2. The molecule has 6 nitrogen and oxygen atoms in total. The summed E-state index contributed by atoms with van der Waals surface area (Å²) in [6.07, 6.45) is 1.64. The summed E-state index contributed by atoms with van der Waals surface area (Å²) < 4.78 is 1.36.